The first kappa shape index (κ1) is 23.2. The van der Waals surface area contributed by atoms with Crippen LogP contribution in [-0.2, 0) is 0 Å². The summed E-state index contributed by atoms with van der Waals surface area (Å²) in [6.45, 7) is 1.68. The number of amides is 1. The first-order valence-electron chi connectivity index (χ1n) is 11.6. The van der Waals surface area contributed by atoms with Gasteiger partial charge in [-0.1, -0.05) is 23.7 Å². The molecule has 1 aliphatic rings. The number of pyridine rings is 1. The van der Waals surface area contributed by atoms with Gasteiger partial charge in [-0.15, -0.1) is 0 Å². The van der Waals surface area contributed by atoms with Gasteiger partial charge in [-0.3, -0.25) is 4.79 Å². The van der Waals surface area contributed by atoms with Gasteiger partial charge in [0.25, 0.3) is 5.91 Å². The summed E-state index contributed by atoms with van der Waals surface area (Å²) in [5.74, 6) is 1.13. The van der Waals surface area contributed by atoms with E-state index in [1.165, 1.54) is 6.42 Å². The molecule has 0 radical (unpaired) electrons. The van der Waals surface area contributed by atoms with Crippen molar-refractivity contribution in [3.05, 3.63) is 71.5 Å². The lowest BCUT2D eigenvalue weighted by Crippen LogP contribution is -2.37. The number of nitrogens with zero attached hydrogens (tertiary/aromatic N) is 2. The van der Waals surface area contributed by atoms with Crippen LogP contribution in [0.4, 0.5) is 0 Å². The molecular weight excluding hydrogens is 464 g/mol. The predicted molar refractivity (Wildman–Crippen MR) is 138 cm³/mol. The monoisotopic (exact) mass is 490 g/mol. The smallest absolute Gasteiger partial charge is 0.251 e. The fourth-order valence-electron chi connectivity index (χ4n) is 4.41. The average molecular weight is 491 g/mol. The van der Waals surface area contributed by atoms with E-state index < -0.39 is 0 Å². The van der Waals surface area contributed by atoms with Gasteiger partial charge in [0.15, 0.2) is 0 Å². The fraction of sp³-hybridized carbons (Fsp3) is 0.259. The third-order valence-corrected chi connectivity index (χ3v) is 6.66. The molecule has 1 fully saturated rings. The van der Waals surface area contributed by atoms with Crippen molar-refractivity contribution in [3.8, 4) is 33.9 Å². The molecule has 180 valence electrons. The maximum absolute atomic E-state index is 12.5. The number of benzene rings is 2. The van der Waals surface area contributed by atoms with Crippen molar-refractivity contribution in [2.45, 2.75) is 18.9 Å². The number of fused-ring (bicyclic) bond motifs is 1. The molecular formula is C27H27ClN4O3. The molecule has 3 heterocycles. The molecule has 1 amide bonds. The molecule has 2 N–H and O–H groups in total. The van der Waals surface area contributed by atoms with Gasteiger partial charge in [-0.2, -0.15) is 0 Å². The van der Waals surface area contributed by atoms with Crippen LogP contribution in [0.1, 0.15) is 23.2 Å². The molecule has 1 unspecified atom stereocenters. The number of halogens is 1. The number of rotatable bonds is 7. The summed E-state index contributed by atoms with van der Waals surface area (Å²) < 4.78 is 12.8. The van der Waals surface area contributed by atoms with Gasteiger partial charge >= 0.3 is 0 Å². The van der Waals surface area contributed by atoms with Crippen molar-refractivity contribution >= 4 is 23.2 Å². The van der Waals surface area contributed by atoms with Crippen LogP contribution in [-0.4, -0.2) is 48.6 Å². The highest BCUT2D eigenvalue weighted by atomic mass is 35.5. The number of ether oxygens (including phenoxy) is 2. The SMILES string of the molecule is COc1cc(OC)c(-c2cn3ccc(-c4ccc(C(=O)NCC5CCCN5)cc4)cc3n2)cc1Cl. The third kappa shape index (κ3) is 4.83. The Morgan fingerprint density at radius 3 is 2.63 bits per heavy atom. The minimum absolute atomic E-state index is 0.0503. The second-order valence-electron chi connectivity index (χ2n) is 8.57. The van der Waals surface area contributed by atoms with E-state index in [4.69, 9.17) is 26.1 Å². The molecule has 7 nitrogen and oxygen atoms in total. The summed E-state index contributed by atoms with van der Waals surface area (Å²) in [5, 5.41) is 6.90. The van der Waals surface area contributed by atoms with Crippen LogP contribution in [0.3, 0.4) is 0 Å². The number of aromatic nitrogens is 2. The van der Waals surface area contributed by atoms with E-state index in [1.807, 2.05) is 53.2 Å². The molecule has 4 aromatic rings. The van der Waals surface area contributed by atoms with Gasteiger partial charge < -0.3 is 24.5 Å². The molecule has 1 aliphatic heterocycles. The molecule has 8 heteroatoms. The summed E-state index contributed by atoms with van der Waals surface area (Å²) in [6, 6.07) is 15.6. The van der Waals surface area contributed by atoms with Crippen LogP contribution in [0.25, 0.3) is 28.0 Å². The highest BCUT2D eigenvalue weighted by Gasteiger charge is 2.16. The maximum atomic E-state index is 12.5. The van der Waals surface area contributed by atoms with Gasteiger partial charge in [-0.25, -0.2) is 4.98 Å². The summed E-state index contributed by atoms with van der Waals surface area (Å²) in [7, 11) is 3.18. The van der Waals surface area contributed by atoms with E-state index >= 15 is 0 Å². The lowest BCUT2D eigenvalue weighted by Gasteiger charge is -2.11. The van der Waals surface area contributed by atoms with Crippen molar-refractivity contribution in [1.82, 2.24) is 20.0 Å². The van der Waals surface area contributed by atoms with Gasteiger partial charge in [0, 0.05) is 42.2 Å². The Balaban J connectivity index is 1.37. The van der Waals surface area contributed by atoms with Crippen LogP contribution in [0.5, 0.6) is 11.5 Å². The highest BCUT2D eigenvalue weighted by molar-refractivity contribution is 6.32. The summed E-state index contributed by atoms with van der Waals surface area (Å²) in [5.41, 5.74) is 4.99. The molecule has 2 aromatic heterocycles. The van der Waals surface area contributed by atoms with Crippen molar-refractivity contribution in [3.63, 3.8) is 0 Å². The molecule has 0 aliphatic carbocycles. The number of hydrogen-bond donors (Lipinski definition) is 2. The number of carbonyl (C=O) groups excluding carboxylic acids is 1. The second-order valence-corrected chi connectivity index (χ2v) is 8.98. The third-order valence-electron chi connectivity index (χ3n) is 6.36. The highest BCUT2D eigenvalue weighted by Crippen LogP contribution is 2.38. The minimum Gasteiger partial charge on any atom is -0.496 e. The summed E-state index contributed by atoms with van der Waals surface area (Å²) in [4.78, 5) is 17.3. The largest absolute Gasteiger partial charge is 0.496 e. The molecule has 2 aromatic carbocycles. The molecule has 1 saturated heterocycles. The first-order chi connectivity index (χ1) is 17.1. The van der Waals surface area contributed by atoms with Crippen LogP contribution >= 0.6 is 11.6 Å². The number of nitrogens with one attached hydrogen (secondary N) is 2. The second kappa shape index (κ2) is 9.98. The zero-order valence-corrected chi connectivity index (χ0v) is 20.4. The van der Waals surface area contributed by atoms with Gasteiger partial charge in [-0.05, 0) is 60.8 Å². The van der Waals surface area contributed by atoms with Crippen LogP contribution in [0, 0.1) is 0 Å². The quantitative estimate of drug-likeness (QED) is 0.388. The Morgan fingerprint density at radius 2 is 1.91 bits per heavy atom. The van der Waals surface area contributed by atoms with Crippen molar-refractivity contribution < 1.29 is 14.3 Å². The number of carbonyl (C=O) groups is 1. The maximum Gasteiger partial charge on any atom is 0.251 e. The van der Waals surface area contributed by atoms with Crippen molar-refractivity contribution in [2.24, 2.45) is 0 Å². The van der Waals surface area contributed by atoms with Gasteiger partial charge in [0.05, 0.1) is 24.9 Å². The Bertz CT molecular complexity index is 1360. The zero-order chi connectivity index (χ0) is 24.4. The van der Waals surface area contributed by atoms with Crippen molar-refractivity contribution in [1.29, 1.82) is 0 Å². The average Bonchev–Trinajstić information content (AvgIpc) is 3.56. The van der Waals surface area contributed by atoms with E-state index in [1.54, 1.807) is 26.4 Å². The lowest BCUT2D eigenvalue weighted by molar-refractivity contribution is 0.0950. The summed E-state index contributed by atoms with van der Waals surface area (Å²) >= 11 is 6.35. The summed E-state index contributed by atoms with van der Waals surface area (Å²) in [6.07, 6.45) is 6.18. The van der Waals surface area contributed by atoms with E-state index in [2.05, 4.69) is 10.6 Å². The normalized spacial score (nSPS) is 15.3. The molecule has 0 saturated carbocycles. The Labute approximate surface area is 209 Å². The van der Waals surface area contributed by atoms with E-state index in [-0.39, 0.29) is 5.91 Å². The standard InChI is InChI=1S/C27H27ClN4O3/c1-34-24-14-25(35-2)22(28)13-21(24)23-16-32-11-9-19(12-26(32)31-23)17-5-7-18(8-6-17)27(33)30-15-20-4-3-10-29-20/h5-9,11-14,16,20,29H,3-4,10,15H2,1-2H3,(H,30,33). The molecule has 0 bridgehead atoms. The molecule has 1 atom stereocenters. The topological polar surface area (TPSA) is 76.9 Å². The van der Waals surface area contributed by atoms with E-state index in [0.717, 1.165) is 41.0 Å². The van der Waals surface area contributed by atoms with Gasteiger partial charge in [0.1, 0.15) is 17.1 Å². The molecule has 35 heavy (non-hydrogen) atoms. The van der Waals surface area contributed by atoms with E-state index in [0.29, 0.717) is 34.7 Å². The lowest BCUT2D eigenvalue weighted by atomic mass is 10.0. The first-order valence-corrected chi connectivity index (χ1v) is 12.0. The minimum atomic E-state index is -0.0503. The Kier molecular flexibility index (Phi) is 6.61. The number of methoxy groups -OCH3 is 2. The fourth-order valence-corrected chi connectivity index (χ4v) is 4.66. The Hall–Kier alpha value is -3.55. The van der Waals surface area contributed by atoms with Crippen LogP contribution in [0.15, 0.2) is 60.9 Å². The zero-order valence-electron chi connectivity index (χ0n) is 19.7. The predicted octanol–water partition coefficient (Wildman–Crippen LogP) is 4.82. The van der Waals surface area contributed by atoms with Crippen LogP contribution < -0.4 is 20.1 Å². The van der Waals surface area contributed by atoms with Crippen molar-refractivity contribution in [2.75, 3.05) is 27.3 Å². The number of hydrogen-bond acceptors (Lipinski definition) is 5. The van der Waals surface area contributed by atoms with Gasteiger partial charge in [0.2, 0.25) is 0 Å². The molecule has 5 rings (SSSR count). The number of imidazole rings is 1. The Morgan fingerprint density at radius 1 is 1.11 bits per heavy atom. The van der Waals surface area contributed by atoms with Crippen LogP contribution in [0.2, 0.25) is 5.02 Å². The van der Waals surface area contributed by atoms with E-state index in [9.17, 15) is 4.79 Å². The molecule has 0 spiro atoms.